The van der Waals surface area contributed by atoms with Crippen LogP contribution in [0.25, 0.3) is 0 Å². The van der Waals surface area contributed by atoms with Gasteiger partial charge in [-0.3, -0.25) is 4.79 Å². The average Bonchev–Trinajstić information content (AvgIpc) is 2.71. The molecule has 1 atom stereocenters. The van der Waals surface area contributed by atoms with Crippen molar-refractivity contribution in [2.75, 3.05) is 24.9 Å². The van der Waals surface area contributed by atoms with Crippen LogP contribution >= 0.6 is 0 Å². The summed E-state index contributed by atoms with van der Waals surface area (Å²) in [6.07, 6.45) is 0. The van der Waals surface area contributed by atoms with E-state index in [4.69, 9.17) is 9.47 Å². The lowest BCUT2D eigenvalue weighted by molar-refractivity contribution is -0.117. The molecular weight excluding hydrogens is 364 g/mol. The second-order valence-corrected chi connectivity index (χ2v) is 6.92. The summed E-state index contributed by atoms with van der Waals surface area (Å²) in [4.78, 5) is 13.2. The van der Waals surface area contributed by atoms with Crippen LogP contribution in [0.15, 0.2) is 66.7 Å². The predicted octanol–water partition coefficient (Wildman–Crippen LogP) is 5.11. The maximum absolute atomic E-state index is 13.2. The van der Waals surface area contributed by atoms with Crippen LogP contribution < -0.4 is 20.1 Å². The van der Waals surface area contributed by atoms with Crippen molar-refractivity contribution >= 4 is 17.3 Å². The van der Waals surface area contributed by atoms with Gasteiger partial charge in [0.1, 0.15) is 6.04 Å². The molecule has 0 saturated carbocycles. The first-order valence-electron chi connectivity index (χ1n) is 9.43. The van der Waals surface area contributed by atoms with E-state index in [1.165, 1.54) is 0 Å². The number of amides is 1. The van der Waals surface area contributed by atoms with E-state index in [0.29, 0.717) is 11.5 Å². The number of anilines is 2. The van der Waals surface area contributed by atoms with Gasteiger partial charge in [-0.1, -0.05) is 36.4 Å². The molecule has 0 fully saturated rings. The summed E-state index contributed by atoms with van der Waals surface area (Å²) >= 11 is 0. The summed E-state index contributed by atoms with van der Waals surface area (Å²) in [6.45, 7) is 4.03. The number of rotatable bonds is 7. The van der Waals surface area contributed by atoms with Crippen molar-refractivity contribution in [3.8, 4) is 11.5 Å². The van der Waals surface area contributed by atoms with Crippen molar-refractivity contribution in [1.29, 1.82) is 0 Å². The number of hydrogen-bond donors (Lipinski definition) is 2. The van der Waals surface area contributed by atoms with Crippen molar-refractivity contribution in [2.45, 2.75) is 19.9 Å². The number of methoxy groups -OCH3 is 2. The normalized spacial score (nSPS) is 11.4. The lowest BCUT2D eigenvalue weighted by Crippen LogP contribution is -2.27. The largest absolute Gasteiger partial charge is 0.493 e. The maximum atomic E-state index is 13.2. The Morgan fingerprint density at radius 3 is 2.07 bits per heavy atom. The molecule has 0 spiro atoms. The van der Waals surface area contributed by atoms with E-state index in [9.17, 15) is 4.79 Å². The minimum absolute atomic E-state index is 0.143. The number of carbonyl (C=O) groups is 1. The third-order valence-corrected chi connectivity index (χ3v) is 4.58. The van der Waals surface area contributed by atoms with E-state index in [-0.39, 0.29) is 5.91 Å². The highest BCUT2D eigenvalue weighted by atomic mass is 16.5. The van der Waals surface area contributed by atoms with Gasteiger partial charge in [0, 0.05) is 17.4 Å². The van der Waals surface area contributed by atoms with Gasteiger partial charge in [-0.15, -0.1) is 0 Å². The van der Waals surface area contributed by atoms with E-state index in [2.05, 4.69) is 16.7 Å². The monoisotopic (exact) mass is 390 g/mol. The van der Waals surface area contributed by atoms with Crippen LogP contribution in [0, 0.1) is 13.8 Å². The van der Waals surface area contributed by atoms with Crippen LogP contribution in [0.1, 0.15) is 22.7 Å². The molecule has 3 aromatic rings. The Morgan fingerprint density at radius 2 is 1.45 bits per heavy atom. The molecule has 0 bridgehead atoms. The van der Waals surface area contributed by atoms with Gasteiger partial charge in [-0.25, -0.2) is 0 Å². The summed E-state index contributed by atoms with van der Waals surface area (Å²) < 4.78 is 10.7. The molecule has 3 aromatic carbocycles. The van der Waals surface area contributed by atoms with Crippen LogP contribution in [0.2, 0.25) is 0 Å². The van der Waals surface area contributed by atoms with Crippen LogP contribution in [0.5, 0.6) is 11.5 Å². The number of nitrogens with one attached hydrogen (secondary N) is 2. The third kappa shape index (κ3) is 5.08. The Hall–Kier alpha value is -3.47. The summed E-state index contributed by atoms with van der Waals surface area (Å²) in [5, 5.41) is 6.36. The van der Waals surface area contributed by atoms with E-state index in [1.54, 1.807) is 14.2 Å². The Kier molecular flexibility index (Phi) is 6.39. The Labute approximate surface area is 171 Å². The summed E-state index contributed by atoms with van der Waals surface area (Å²) in [6, 6.07) is 20.5. The SMILES string of the molecule is COc1ccc(NC(C(=O)Nc2cc(C)cc(C)c2)c2ccccc2)cc1OC. The molecule has 0 aliphatic rings. The second-order valence-electron chi connectivity index (χ2n) is 6.92. The quantitative estimate of drug-likeness (QED) is 0.588. The molecule has 3 rings (SSSR count). The van der Waals surface area contributed by atoms with E-state index < -0.39 is 6.04 Å². The zero-order chi connectivity index (χ0) is 20.8. The smallest absolute Gasteiger partial charge is 0.251 e. The number of ether oxygens (including phenoxy) is 2. The molecule has 0 aliphatic carbocycles. The topological polar surface area (TPSA) is 59.6 Å². The zero-order valence-corrected chi connectivity index (χ0v) is 17.2. The first-order chi connectivity index (χ1) is 14.0. The van der Waals surface area contributed by atoms with Crippen LogP contribution in [-0.4, -0.2) is 20.1 Å². The van der Waals surface area contributed by atoms with Gasteiger partial charge in [0.05, 0.1) is 14.2 Å². The lowest BCUT2D eigenvalue weighted by Gasteiger charge is -2.21. The number of benzene rings is 3. The number of hydrogen-bond acceptors (Lipinski definition) is 4. The van der Waals surface area contributed by atoms with Crippen LogP contribution in [-0.2, 0) is 4.79 Å². The Bertz CT molecular complexity index is 966. The molecule has 0 heterocycles. The summed E-state index contributed by atoms with van der Waals surface area (Å²) in [5.74, 6) is 1.09. The Balaban J connectivity index is 1.90. The molecule has 0 aromatic heterocycles. The highest BCUT2D eigenvalue weighted by molar-refractivity contribution is 5.97. The maximum Gasteiger partial charge on any atom is 0.251 e. The van der Waals surface area contributed by atoms with Gasteiger partial charge in [0.25, 0.3) is 5.91 Å². The standard InChI is InChI=1S/C24H26N2O3/c1-16-12-17(2)14-20(13-16)26-24(27)23(18-8-6-5-7-9-18)25-19-10-11-21(28-3)22(15-19)29-4/h5-15,23,25H,1-4H3,(H,26,27). The minimum Gasteiger partial charge on any atom is -0.493 e. The second kappa shape index (κ2) is 9.15. The third-order valence-electron chi connectivity index (χ3n) is 4.58. The van der Waals surface area contributed by atoms with Gasteiger partial charge in [0.15, 0.2) is 11.5 Å². The van der Waals surface area contributed by atoms with Crippen molar-refractivity contribution in [2.24, 2.45) is 0 Å². The van der Waals surface area contributed by atoms with Gasteiger partial charge in [-0.05, 0) is 54.8 Å². The molecule has 0 radical (unpaired) electrons. The van der Waals surface area contributed by atoms with E-state index in [1.807, 2.05) is 74.5 Å². The van der Waals surface area contributed by atoms with Crippen molar-refractivity contribution < 1.29 is 14.3 Å². The first kappa shape index (κ1) is 20.3. The number of aryl methyl sites for hydroxylation is 2. The first-order valence-corrected chi connectivity index (χ1v) is 9.43. The summed E-state index contributed by atoms with van der Waals surface area (Å²) in [7, 11) is 3.18. The van der Waals surface area contributed by atoms with Crippen LogP contribution in [0.4, 0.5) is 11.4 Å². The summed E-state index contributed by atoms with van der Waals surface area (Å²) in [5.41, 5.74) is 4.60. The molecule has 2 N–H and O–H groups in total. The molecular formula is C24H26N2O3. The molecule has 5 heteroatoms. The highest BCUT2D eigenvalue weighted by Gasteiger charge is 2.21. The lowest BCUT2D eigenvalue weighted by atomic mass is 10.0. The molecule has 5 nitrogen and oxygen atoms in total. The molecule has 1 amide bonds. The molecule has 0 saturated heterocycles. The minimum atomic E-state index is -0.574. The zero-order valence-electron chi connectivity index (χ0n) is 17.2. The highest BCUT2D eigenvalue weighted by Crippen LogP contribution is 2.31. The molecule has 1 unspecified atom stereocenters. The van der Waals surface area contributed by atoms with Crippen molar-refractivity contribution in [3.05, 3.63) is 83.4 Å². The van der Waals surface area contributed by atoms with Gasteiger partial charge in [0.2, 0.25) is 0 Å². The van der Waals surface area contributed by atoms with Gasteiger partial charge >= 0.3 is 0 Å². The molecule has 29 heavy (non-hydrogen) atoms. The fourth-order valence-corrected chi connectivity index (χ4v) is 3.30. The molecule has 0 aliphatic heterocycles. The van der Waals surface area contributed by atoms with Gasteiger partial charge < -0.3 is 20.1 Å². The van der Waals surface area contributed by atoms with E-state index >= 15 is 0 Å². The van der Waals surface area contributed by atoms with E-state index in [0.717, 1.165) is 28.1 Å². The van der Waals surface area contributed by atoms with Crippen LogP contribution in [0.3, 0.4) is 0 Å². The van der Waals surface area contributed by atoms with Gasteiger partial charge in [-0.2, -0.15) is 0 Å². The Morgan fingerprint density at radius 1 is 0.793 bits per heavy atom. The fraction of sp³-hybridized carbons (Fsp3) is 0.208. The van der Waals surface area contributed by atoms with Crippen molar-refractivity contribution in [3.63, 3.8) is 0 Å². The predicted molar refractivity (Wildman–Crippen MR) is 117 cm³/mol. The number of carbonyl (C=O) groups excluding carboxylic acids is 1. The van der Waals surface area contributed by atoms with Crippen molar-refractivity contribution in [1.82, 2.24) is 0 Å². The molecule has 150 valence electrons. The fourth-order valence-electron chi connectivity index (χ4n) is 3.30. The average molecular weight is 390 g/mol.